The Labute approximate surface area is 99.2 Å². The Morgan fingerprint density at radius 1 is 1.06 bits per heavy atom. The van der Waals surface area contributed by atoms with Crippen LogP contribution in [0.3, 0.4) is 0 Å². The molecule has 0 aromatic heterocycles. The van der Waals surface area contributed by atoms with E-state index in [1.807, 2.05) is 0 Å². The van der Waals surface area contributed by atoms with Gasteiger partial charge in [-0.2, -0.15) is 0 Å². The molecule has 0 saturated carbocycles. The fourth-order valence-corrected chi connectivity index (χ4v) is 1.84. The van der Waals surface area contributed by atoms with Crippen LogP contribution in [0, 0.1) is 0 Å². The maximum absolute atomic E-state index is 11.8. The van der Waals surface area contributed by atoms with E-state index < -0.39 is 19.5 Å². The zero-order chi connectivity index (χ0) is 13.5. The fourth-order valence-electron chi connectivity index (χ4n) is 0.900. The van der Waals surface area contributed by atoms with Crippen LogP contribution in [-0.4, -0.2) is 40.4 Å². The van der Waals surface area contributed by atoms with Crippen LogP contribution >= 0.6 is 7.60 Å². The maximum Gasteiger partial charge on any atom is 0.354 e. The predicted octanol–water partition coefficient (Wildman–Crippen LogP) is 1.09. The summed E-state index contributed by atoms with van der Waals surface area (Å²) in [7, 11) is 1.09. The lowest BCUT2D eigenvalue weighted by atomic mass is 10.2. The molecule has 0 unspecified atom stereocenters. The molecule has 0 atom stereocenters. The molecule has 7 nitrogen and oxygen atoms in total. The monoisotopic (exact) mass is 266 g/mol. The number of esters is 2. The lowest BCUT2D eigenvalue weighted by Gasteiger charge is -2.11. The molecule has 17 heavy (non-hydrogen) atoms. The van der Waals surface area contributed by atoms with Crippen LogP contribution in [0.1, 0.15) is 6.42 Å². The number of hydrogen-bond donors (Lipinski definition) is 0. The molecule has 0 N–H and O–H groups in total. The number of carbonyl (C=O) groups is 2. The van der Waals surface area contributed by atoms with E-state index >= 15 is 0 Å². The second-order valence-corrected chi connectivity index (χ2v) is 4.87. The van der Waals surface area contributed by atoms with Gasteiger partial charge < -0.3 is 18.5 Å². The summed E-state index contributed by atoms with van der Waals surface area (Å²) in [5, 5.41) is 0. The Morgan fingerprint density at radius 3 is 1.94 bits per heavy atom. The van der Waals surface area contributed by atoms with Crippen molar-refractivity contribution >= 4 is 19.5 Å². The molecule has 0 aliphatic heterocycles. The first-order valence-corrected chi connectivity index (χ1v) is 6.11. The van der Waals surface area contributed by atoms with Crippen LogP contribution < -0.4 is 0 Å². The SMILES string of the molecule is COC(=O)CC(=CP(=O)(OC)OC)C(=O)OC. The van der Waals surface area contributed by atoms with Gasteiger partial charge in [0.15, 0.2) is 0 Å². The molecular weight excluding hydrogens is 251 g/mol. The van der Waals surface area contributed by atoms with Gasteiger partial charge in [-0.05, 0) is 0 Å². The highest BCUT2D eigenvalue weighted by Gasteiger charge is 2.24. The molecule has 98 valence electrons. The molecule has 0 bridgehead atoms. The Kier molecular flexibility index (Phi) is 6.72. The van der Waals surface area contributed by atoms with E-state index in [1.54, 1.807) is 0 Å². The van der Waals surface area contributed by atoms with E-state index in [9.17, 15) is 14.2 Å². The standard InChI is InChI=1S/C9H15O7P/c1-13-8(10)5-7(9(11)14-2)6-17(12,15-3)16-4/h6H,5H2,1-4H3. The summed E-state index contributed by atoms with van der Waals surface area (Å²) in [6.45, 7) is 0. The Hall–Kier alpha value is -1.17. The molecule has 8 heteroatoms. The number of ether oxygens (including phenoxy) is 2. The van der Waals surface area contributed by atoms with Gasteiger partial charge in [-0.1, -0.05) is 0 Å². The van der Waals surface area contributed by atoms with Gasteiger partial charge in [-0.25, -0.2) is 4.79 Å². The third-order valence-corrected chi connectivity index (χ3v) is 3.48. The second-order valence-electron chi connectivity index (χ2n) is 2.80. The number of carbonyl (C=O) groups excluding carboxylic acids is 2. The van der Waals surface area contributed by atoms with Crippen LogP contribution in [0.25, 0.3) is 0 Å². The van der Waals surface area contributed by atoms with Gasteiger partial charge in [-0.3, -0.25) is 9.36 Å². The minimum atomic E-state index is -3.54. The third kappa shape index (κ3) is 5.12. The van der Waals surface area contributed by atoms with Crippen LogP contribution in [0.4, 0.5) is 0 Å². The minimum Gasteiger partial charge on any atom is -0.469 e. The van der Waals surface area contributed by atoms with Crippen molar-refractivity contribution < 1.29 is 32.7 Å². The van der Waals surface area contributed by atoms with Crippen molar-refractivity contribution in [1.82, 2.24) is 0 Å². The molecular formula is C9H15O7P. The summed E-state index contributed by atoms with van der Waals surface area (Å²) in [5.41, 5.74) is -0.147. The Balaban J connectivity index is 5.17. The highest BCUT2D eigenvalue weighted by molar-refractivity contribution is 7.57. The summed E-state index contributed by atoms with van der Waals surface area (Å²) in [6.07, 6.45) is -0.375. The van der Waals surface area contributed by atoms with E-state index in [0.717, 1.165) is 27.1 Å². The van der Waals surface area contributed by atoms with Crippen molar-refractivity contribution in [1.29, 1.82) is 0 Å². The van der Waals surface area contributed by atoms with E-state index in [1.165, 1.54) is 7.11 Å². The number of rotatable bonds is 6. The van der Waals surface area contributed by atoms with Gasteiger partial charge >= 0.3 is 19.5 Å². The molecule has 0 aliphatic carbocycles. The smallest absolute Gasteiger partial charge is 0.354 e. The summed E-state index contributed by atoms with van der Waals surface area (Å²) in [6, 6.07) is 0. The quantitative estimate of drug-likeness (QED) is 0.404. The predicted molar refractivity (Wildman–Crippen MR) is 58.4 cm³/mol. The average Bonchev–Trinajstić information content (AvgIpc) is 2.36. The Bertz CT molecular complexity index is 352. The lowest BCUT2D eigenvalue weighted by Crippen LogP contribution is -2.11. The van der Waals surface area contributed by atoms with Gasteiger partial charge in [-0.15, -0.1) is 0 Å². The summed E-state index contributed by atoms with van der Waals surface area (Å²) < 4.78 is 29.9. The number of methoxy groups -OCH3 is 2. The van der Waals surface area contributed by atoms with E-state index in [2.05, 4.69) is 18.5 Å². The molecule has 0 rings (SSSR count). The van der Waals surface area contributed by atoms with Crippen LogP contribution in [-0.2, 0) is 32.7 Å². The Morgan fingerprint density at radius 2 is 1.59 bits per heavy atom. The molecule has 0 heterocycles. The molecule has 0 aromatic rings. The first-order valence-electron chi connectivity index (χ1n) is 4.50. The molecule has 0 spiro atoms. The summed E-state index contributed by atoms with van der Waals surface area (Å²) in [4.78, 5) is 22.4. The largest absolute Gasteiger partial charge is 0.469 e. The maximum atomic E-state index is 11.8. The fraction of sp³-hybridized carbons (Fsp3) is 0.556. The minimum absolute atomic E-state index is 0.147. The van der Waals surface area contributed by atoms with Gasteiger partial charge in [0.25, 0.3) is 0 Å². The molecule has 0 amide bonds. The van der Waals surface area contributed by atoms with Gasteiger partial charge in [0.05, 0.1) is 26.2 Å². The summed E-state index contributed by atoms with van der Waals surface area (Å²) >= 11 is 0. The molecule has 0 aromatic carbocycles. The van der Waals surface area contributed by atoms with Gasteiger partial charge in [0.2, 0.25) is 0 Å². The molecule has 0 aliphatic rings. The van der Waals surface area contributed by atoms with Gasteiger partial charge in [0, 0.05) is 20.0 Å². The zero-order valence-electron chi connectivity index (χ0n) is 10.1. The average molecular weight is 266 g/mol. The van der Waals surface area contributed by atoms with Crippen molar-refractivity contribution in [3.05, 3.63) is 11.4 Å². The molecule has 0 radical (unpaired) electrons. The lowest BCUT2D eigenvalue weighted by molar-refractivity contribution is -0.143. The highest BCUT2D eigenvalue weighted by Crippen LogP contribution is 2.49. The van der Waals surface area contributed by atoms with Crippen LogP contribution in [0.15, 0.2) is 11.4 Å². The number of hydrogen-bond acceptors (Lipinski definition) is 7. The first-order chi connectivity index (χ1) is 7.92. The molecule has 0 fully saturated rings. The van der Waals surface area contributed by atoms with E-state index in [0.29, 0.717) is 0 Å². The van der Waals surface area contributed by atoms with E-state index in [4.69, 9.17) is 0 Å². The topological polar surface area (TPSA) is 88.1 Å². The summed E-state index contributed by atoms with van der Waals surface area (Å²) in [5.74, 6) is -0.527. The van der Waals surface area contributed by atoms with Crippen molar-refractivity contribution in [3.63, 3.8) is 0 Å². The zero-order valence-corrected chi connectivity index (χ0v) is 11.0. The van der Waals surface area contributed by atoms with Crippen molar-refractivity contribution in [2.24, 2.45) is 0 Å². The van der Waals surface area contributed by atoms with Crippen LogP contribution in [0.2, 0.25) is 0 Å². The highest BCUT2D eigenvalue weighted by atomic mass is 31.2. The van der Waals surface area contributed by atoms with Crippen molar-refractivity contribution in [3.8, 4) is 0 Å². The third-order valence-electron chi connectivity index (χ3n) is 1.83. The van der Waals surface area contributed by atoms with Gasteiger partial charge in [0.1, 0.15) is 0 Å². The normalized spacial score (nSPS) is 12.1. The van der Waals surface area contributed by atoms with Crippen molar-refractivity contribution in [2.75, 3.05) is 28.4 Å². The van der Waals surface area contributed by atoms with E-state index in [-0.39, 0.29) is 12.0 Å². The van der Waals surface area contributed by atoms with Crippen LogP contribution in [0.5, 0.6) is 0 Å². The van der Waals surface area contributed by atoms with Crippen molar-refractivity contribution in [2.45, 2.75) is 6.42 Å². The first kappa shape index (κ1) is 15.8. The molecule has 0 saturated heterocycles. The second kappa shape index (κ2) is 7.21.